The summed E-state index contributed by atoms with van der Waals surface area (Å²) in [7, 11) is 0. The Balaban J connectivity index is 4.69. The average molecular weight is 393 g/mol. The standard InChI is InChI=1S/C14H23N3O10/c18-10(19)6-15(2-1-3-17(14(26)27)9-13(24)25)4-5-16(7-11(20)21)8-12(22)23/h1-9H2,(H,18,19)(H,20,21)(H,22,23)(H,24,25)(H,26,27). The number of carboxylic acid groups (broad SMARTS) is 5. The van der Waals surface area contributed by atoms with Crippen LogP contribution in [0.4, 0.5) is 4.79 Å². The van der Waals surface area contributed by atoms with Gasteiger partial charge in [-0.1, -0.05) is 0 Å². The van der Waals surface area contributed by atoms with Gasteiger partial charge >= 0.3 is 30.0 Å². The third-order valence-corrected chi connectivity index (χ3v) is 3.31. The minimum absolute atomic E-state index is 0.0242. The van der Waals surface area contributed by atoms with E-state index in [1.54, 1.807) is 0 Å². The number of aliphatic carboxylic acids is 4. The first-order chi connectivity index (χ1) is 12.5. The molecule has 0 aliphatic heterocycles. The summed E-state index contributed by atoms with van der Waals surface area (Å²) < 4.78 is 0. The van der Waals surface area contributed by atoms with Crippen LogP contribution < -0.4 is 0 Å². The summed E-state index contributed by atoms with van der Waals surface area (Å²) in [6.07, 6.45) is -1.28. The van der Waals surface area contributed by atoms with Gasteiger partial charge in [-0.25, -0.2) is 4.79 Å². The second-order valence-electron chi connectivity index (χ2n) is 5.62. The Hall–Kier alpha value is -2.93. The van der Waals surface area contributed by atoms with Gasteiger partial charge in [-0.2, -0.15) is 0 Å². The number of rotatable bonds is 15. The zero-order valence-electron chi connectivity index (χ0n) is 14.5. The Kier molecular flexibility index (Phi) is 11.1. The molecular formula is C14H23N3O10. The van der Waals surface area contributed by atoms with E-state index in [1.807, 2.05) is 0 Å². The van der Waals surface area contributed by atoms with E-state index in [4.69, 9.17) is 25.5 Å². The molecule has 5 N–H and O–H groups in total. The van der Waals surface area contributed by atoms with Crippen molar-refractivity contribution in [3.8, 4) is 0 Å². The van der Waals surface area contributed by atoms with Gasteiger partial charge in [-0.05, 0) is 6.42 Å². The largest absolute Gasteiger partial charge is 0.480 e. The van der Waals surface area contributed by atoms with Gasteiger partial charge in [0.05, 0.1) is 19.6 Å². The molecular weight excluding hydrogens is 370 g/mol. The molecule has 0 aromatic heterocycles. The molecule has 0 atom stereocenters. The SMILES string of the molecule is O=C(O)CN(CCCN(CC(=O)O)C(=O)O)CCN(CC(=O)O)CC(=O)O. The van der Waals surface area contributed by atoms with E-state index in [0.29, 0.717) is 4.90 Å². The number of hydrogen-bond acceptors (Lipinski definition) is 7. The Bertz CT molecular complexity index is 537. The molecule has 0 aliphatic rings. The normalized spacial score (nSPS) is 10.7. The lowest BCUT2D eigenvalue weighted by atomic mass is 10.3. The highest BCUT2D eigenvalue weighted by Gasteiger charge is 2.18. The molecule has 0 aromatic rings. The Morgan fingerprint density at radius 1 is 0.519 bits per heavy atom. The lowest BCUT2D eigenvalue weighted by molar-refractivity contribution is -0.143. The maximum absolute atomic E-state index is 10.9. The van der Waals surface area contributed by atoms with Crippen LogP contribution in [0.25, 0.3) is 0 Å². The van der Waals surface area contributed by atoms with Crippen LogP contribution in [-0.4, -0.2) is 123 Å². The first-order valence-electron chi connectivity index (χ1n) is 7.81. The predicted molar refractivity (Wildman–Crippen MR) is 87.6 cm³/mol. The topological polar surface area (TPSA) is 196 Å². The fourth-order valence-electron chi connectivity index (χ4n) is 2.23. The van der Waals surface area contributed by atoms with E-state index in [2.05, 4.69) is 0 Å². The molecule has 0 spiro atoms. The summed E-state index contributed by atoms with van der Waals surface area (Å²) in [5.74, 6) is -4.95. The van der Waals surface area contributed by atoms with Crippen LogP contribution in [0.2, 0.25) is 0 Å². The molecule has 13 heteroatoms. The van der Waals surface area contributed by atoms with Crippen molar-refractivity contribution in [3.05, 3.63) is 0 Å². The van der Waals surface area contributed by atoms with Gasteiger partial charge in [0.15, 0.2) is 0 Å². The fraction of sp³-hybridized carbons (Fsp3) is 0.643. The Morgan fingerprint density at radius 3 is 1.33 bits per heavy atom. The number of carboxylic acids is 4. The minimum Gasteiger partial charge on any atom is -0.480 e. The van der Waals surface area contributed by atoms with Gasteiger partial charge in [0.25, 0.3) is 0 Å². The Morgan fingerprint density at radius 2 is 0.926 bits per heavy atom. The zero-order valence-corrected chi connectivity index (χ0v) is 14.5. The van der Waals surface area contributed by atoms with Crippen LogP contribution in [0.15, 0.2) is 0 Å². The molecule has 27 heavy (non-hydrogen) atoms. The van der Waals surface area contributed by atoms with E-state index >= 15 is 0 Å². The number of hydrogen-bond donors (Lipinski definition) is 5. The lowest BCUT2D eigenvalue weighted by Crippen LogP contribution is -2.43. The lowest BCUT2D eigenvalue weighted by Gasteiger charge is -2.25. The predicted octanol–water partition coefficient (Wildman–Crippen LogP) is -1.70. The van der Waals surface area contributed by atoms with Crippen molar-refractivity contribution in [2.45, 2.75) is 6.42 Å². The summed E-state index contributed by atoms with van der Waals surface area (Å²) in [5, 5.41) is 44.1. The average Bonchev–Trinajstić information content (AvgIpc) is 2.48. The van der Waals surface area contributed by atoms with Crippen LogP contribution in [0.3, 0.4) is 0 Å². The van der Waals surface area contributed by atoms with E-state index in [0.717, 1.165) is 4.90 Å². The van der Waals surface area contributed by atoms with Crippen molar-refractivity contribution in [2.75, 3.05) is 52.4 Å². The Labute approximate surface area is 154 Å². The first kappa shape index (κ1) is 24.1. The summed E-state index contributed by atoms with van der Waals surface area (Å²) in [4.78, 5) is 57.2. The highest BCUT2D eigenvalue weighted by Crippen LogP contribution is 1.99. The van der Waals surface area contributed by atoms with Gasteiger partial charge in [-0.3, -0.25) is 33.9 Å². The maximum atomic E-state index is 10.9. The van der Waals surface area contributed by atoms with Crippen LogP contribution in [0.1, 0.15) is 6.42 Å². The van der Waals surface area contributed by atoms with E-state index in [1.165, 1.54) is 4.90 Å². The summed E-state index contributed by atoms with van der Waals surface area (Å²) in [6, 6.07) is 0. The second kappa shape index (κ2) is 12.4. The molecule has 0 rings (SSSR count). The van der Waals surface area contributed by atoms with Crippen molar-refractivity contribution < 1.29 is 49.5 Å². The molecule has 0 saturated carbocycles. The van der Waals surface area contributed by atoms with E-state index < -0.39 is 56.1 Å². The highest BCUT2D eigenvalue weighted by atomic mass is 16.4. The number of nitrogens with zero attached hydrogens (tertiary/aromatic N) is 3. The minimum atomic E-state index is -1.42. The molecule has 0 aliphatic carbocycles. The molecule has 0 fully saturated rings. The number of amides is 1. The van der Waals surface area contributed by atoms with Crippen molar-refractivity contribution in [1.82, 2.24) is 14.7 Å². The van der Waals surface area contributed by atoms with Crippen molar-refractivity contribution in [3.63, 3.8) is 0 Å². The van der Waals surface area contributed by atoms with Gasteiger partial charge in [-0.15, -0.1) is 0 Å². The fourth-order valence-corrected chi connectivity index (χ4v) is 2.23. The van der Waals surface area contributed by atoms with Crippen LogP contribution in [0.5, 0.6) is 0 Å². The van der Waals surface area contributed by atoms with Gasteiger partial charge in [0, 0.05) is 26.2 Å². The smallest absolute Gasteiger partial charge is 0.407 e. The monoisotopic (exact) mass is 393 g/mol. The van der Waals surface area contributed by atoms with E-state index in [9.17, 15) is 24.0 Å². The third kappa shape index (κ3) is 13.0. The van der Waals surface area contributed by atoms with Gasteiger partial charge < -0.3 is 25.5 Å². The second-order valence-corrected chi connectivity index (χ2v) is 5.62. The summed E-state index contributed by atoms with van der Waals surface area (Å²) >= 11 is 0. The molecule has 0 bridgehead atoms. The molecule has 0 aromatic carbocycles. The van der Waals surface area contributed by atoms with Crippen LogP contribution in [0, 0.1) is 0 Å². The molecule has 0 unspecified atom stereocenters. The highest BCUT2D eigenvalue weighted by molar-refractivity contribution is 5.75. The van der Waals surface area contributed by atoms with Crippen LogP contribution in [-0.2, 0) is 19.2 Å². The van der Waals surface area contributed by atoms with Gasteiger partial charge in [0.2, 0.25) is 0 Å². The molecule has 154 valence electrons. The quantitative estimate of drug-likeness (QED) is 0.212. The first-order valence-corrected chi connectivity index (χ1v) is 7.81. The molecule has 0 radical (unpaired) electrons. The van der Waals surface area contributed by atoms with Crippen molar-refractivity contribution >= 4 is 30.0 Å². The summed E-state index contributed by atoms with van der Waals surface area (Å²) in [5.41, 5.74) is 0. The molecule has 0 saturated heterocycles. The van der Waals surface area contributed by atoms with Gasteiger partial charge in [0.1, 0.15) is 6.54 Å². The molecule has 1 amide bonds. The van der Waals surface area contributed by atoms with E-state index in [-0.39, 0.29) is 32.6 Å². The maximum Gasteiger partial charge on any atom is 0.407 e. The third-order valence-electron chi connectivity index (χ3n) is 3.31. The molecule has 0 heterocycles. The molecule has 13 nitrogen and oxygen atoms in total. The zero-order chi connectivity index (χ0) is 21.0. The van der Waals surface area contributed by atoms with Crippen molar-refractivity contribution in [1.29, 1.82) is 0 Å². The number of carbonyl (C=O) groups is 5. The summed E-state index contributed by atoms with van der Waals surface area (Å²) in [6.45, 7) is -2.20. The van der Waals surface area contributed by atoms with Crippen LogP contribution >= 0.6 is 0 Å². The van der Waals surface area contributed by atoms with Crippen molar-refractivity contribution in [2.24, 2.45) is 0 Å².